The van der Waals surface area contributed by atoms with E-state index in [2.05, 4.69) is 4.98 Å². The second kappa shape index (κ2) is 10.1. The molecule has 7 atom stereocenters. The lowest BCUT2D eigenvalue weighted by Crippen LogP contribution is -2.42. The second-order valence-electron chi connectivity index (χ2n) is 11.8. The van der Waals surface area contributed by atoms with Crippen molar-refractivity contribution in [3.8, 4) is 5.75 Å². The van der Waals surface area contributed by atoms with Crippen LogP contribution >= 0.6 is 23.1 Å². The van der Waals surface area contributed by atoms with Crippen molar-refractivity contribution in [1.82, 2.24) is 4.98 Å². The molecule has 8 rings (SSSR count). The van der Waals surface area contributed by atoms with Crippen LogP contribution in [0.4, 0.5) is 18.9 Å². The summed E-state index contributed by atoms with van der Waals surface area (Å²) < 4.78 is 48.2. The average molecular weight is 635 g/mol. The van der Waals surface area contributed by atoms with Crippen LogP contribution in [0.5, 0.6) is 5.75 Å². The standard InChI is InChI=1S/C33H25F3N2O4S2/c34-33(35,36)20-11-5-6-12-21(20)38-30(39)25-18-14-19(26(25)31(38)40)27-24(18)23(28-29(43-27)37-32(41)44-28)17-10-4-7-13-22(17)42-15-16-8-2-1-3-9-16/h1-13,18-19,23-27H,14-15H2,(H,37,41)/t18-,19-,23?,24?,25?,26?,27?/m1/s1. The molecule has 3 fully saturated rings. The fourth-order valence-corrected chi connectivity index (χ4v) is 11.0. The number of carbonyl (C=O) groups is 2. The molecule has 224 valence electrons. The number of hydrogen-bond acceptors (Lipinski definition) is 6. The van der Waals surface area contributed by atoms with Crippen LogP contribution in [0.1, 0.15) is 33.9 Å². The van der Waals surface area contributed by atoms with Crippen molar-refractivity contribution in [2.45, 2.75) is 35.4 Å². The number of H-pyrrole nitrogens is 1. The van der Waals surface area contributed by atoms with Crippen LogP contribution in [-0.2, 0) is 22.4 Å². The van der Waals surface area contributed by atoms with Gasteiger partial charge in [0.05, 0.1) is 28.1 Å². The molecule has 2 aliphatic heterocycles. The molecule has 1 saturated heterocycles. The Morgan fingerprint density at radius 3 is 2.32 bits per heavy atom. The van der Waals surface area contributed by atoms with Crippen molar-refractivity contribution in [2.75, 3.05) is 4.90 Å². The van der Waals surface area contributed by atoms with E-state index in [9.17, 15) is 27.6 Å². The highest BCUT2D eigenvalue weighted by Gasteiger charge is 2.70. The minimum Gasteiger partial charge on any atom is -0.489 e. The van der Waals surface area contributed by atoms with E-state index < -0.39 is 41.1 Å². The van der Waals surface area contributed by atoms with Gasteiger partial charge in [0.1, 0.15) is 12.4 Å². The number of rotatable bonds is 5. The largest absolute Gasteiger partial charge is 0.489 e. The van der Waals surface area contributed by atoms with Gasteiger partial charge in [-0.05, 0) is 47.9 Å². The predicted molar refractivity (Wildman–Crippen MR) is 160 cm³/mol. The molecule has 1 N–H and O–H groups in total. The Morgan fingerprint density at radius 1 is 0.864 bits per heavy atom. The summed E-state index contributed by atoms with van der Waals surface area (Å²) in [5.41, 5.74) is 0.501. The third kappa shape index (κ3) is 4.12. The number of thioether (sulfide) groups is 1. The molecule has 11 heteroatoms. The van der Waals surface area contributed by atoms with Crippen molar-refractivity contribution >= 4 is 40.6 Å². The number of carbonyl (C=O) groups excluding carboxylic acids is 2. The number of aromatic nitrogens is 1. The van der Waals surface area contributed by atoms with Gasteiger partial charge in [-0.25, -0.2) is 4.90 Å². The SMILES string of the molecule is O=C1C2C(C(=O)N1c1ccccc1C(F)(F)F)[C@@H]1C[C@H]2C2Sc3[nH]c(=O)sc3C(c3ccccc3OCc3ccccc3)C21. The molecule has 0 spiro atoms. The van der Waals surface area contributed by atoms with Crippen LogP contribution in [0.3, 0.4) is 0 Å². The van der Waals surface area contributed by atoms with Gasteiger partial charge in [0.25, 0.3) is 0 Å². The summed E-state index contributed by atoms with van der Waals surface area (Å²) in [5.74, 6) is -2.69. The number of fused-ring (bicyclic) bond motifs is 9. The molecule has 3 heterocycles. The van der Waals surface area contributed by atoms with Crippen LogP contribution in [0.15, 0.2) is 88.7 Å². The molecule has 6 nitrogen and oxygen atoms in total. The van der Waals surface area contributed by atoms with E-state index in [1.807, 2.05) is 54.6 Å². The molecule has 2 amide bonds. The Labute approximate surface area is 258 Å². The lowest BCUT2D eigenvalue weighted by atomic mass is 9.68. The number of nitrogens with zero attached hydrogens (tertiary/aromatic N) is 1. The maximum atomic E-state index is 14.0. The zero-order valence-corrected chi connectivity index (χ0v) is 24.6. The number of anilines is 1. The first-order valence-electron chi connectivity index (χ1n) is 14.4. The van der Waals surface area contributed by atoms with Gasteiger partial charge < -0.3 is 9.72 Å². The van der Waals surface area contributed by atoms with Crippen LogP contribution in [0.25, 0.3) is 0 Å². The van der Waals surface area contributed by atoms with Crippen LogP contribution < -0.4 is 14.5 Å². The number of benzene rings is 3. The van der Waals surface area contributed by atoms with Gasteiger partial charge in [-0.3, -0.25) is 14.4 Å². The molecule has 1 aromatic heterocycles. The number of halogens is 3. The highest BCUT2D eigenvalue weighted by Crippen LogP contribution is 2.69. The highest BCUT2D eigenvalue weighted by atomic mass is 32.2. The lowest BCUT2D eigenvalue weighted by Gasteiger charge is -2.43. The molecule has 0 radical (unpaired) electrons. The van der Waals surface area contributed by atoms with Crippen LogP contribution in [0, 0.1) is 29.6 Å². The average Bonchev–Trinajstić information content (AvgIpc) is 3.75. The van der Waals surface area contributed by atoms with Crippen molar-refractivity contribution in [2.24, 2.45) is 29.6 Å². The maximum absolute atomic E-state index is 14.0. The Hall–Kier alpha value is -3.83. The molecule has 44 heavy (non-hydrogen) atoms. The Kier molecular flexibility index (Phi) is 6.36. The number of hydrogen-bond donors (Lipinski definition) is 1. The molecule has 4 aliphatic rings. The fourth-order valence-electron chi connectivity index (χ4n) is 8.12. The first-order valence-corrected chi connectivity index (χ1v) is 16.1. The molecular weight excluding hydrogens is 610 g/mol. The van der Waals surface area contributed by atoms with Gasteiger partial charge in [0.2, 0.25) is 11.8 Å². The van der Waals surface area contributed by atoms with Gasteiger partial charge in [0, 0.05) is 21.6 Å². The molecular formula is C33H25F3N2O4S2. The van der Waals surface area contributed by atoms with Crippen molar-refractivity contribution in [3.05, 3.63) is 110 Å². The summed E-state index contributed by atoms with van der Waals surface area (Å²) in [7, 11) is 0. The Balaban J connectivity index is 1.19. The zero-order chi connectivity index (χ0) is 30.3. The van der Waals surface area contributed by atoms with Gasteiger partial charge in [-0.1, -0.05) is 72.0 Å². The van der Waals surface area contributed by atoms with E-state index in [4.69, 9.17) is 4.74 Å². The van der Waals surface area contributed by atoms with Gasteiger partial charge >= 0.3 is 11.0 Å². The van der Waals surface area contributed by atoms with Gasteiger partial charge in [-0.2, -0.15) is 13.2 Å². The van der Waals surface area contributed by atoms with Gasteiger partial charge in [0.15, 0.2) is 0 Å². The fraction of sp³-hybridized carbons (Fsp3) is 0.303. The number of alkyl halides is 3. The molecule has 2 saturated carbocycles. The monoisotopic (exact) mass is 634 g/mol. The molecule has 5 unspecified atom stereocenters. The lowest BCUT2D eigenvalue weighted by molar-refractivity contribution is -0.137. The van der Waals surface area contributed by atoms with E-state index in [1.54, 1.807) is 0 Å². The minimum absolute atomic E-state index is 0.0965. The van der Waals surface area contributed by atoms with E-state index in [0.29, 0.717) is 18.8 Å². The summed E-state index contributed by atoms with van der Waals surface area (Å²) in [6, 6.07) is 22.3. The van der Waals surface area contributed by atoms with E-state index in [0.717, 1.165) is 43.3 Å². The quantitative estimate of drug-likeness (QED) is 0.247. The second-order valence-corrected chi connectivity index (χ2v) is 14.0. The number of ether oxygens (including phenoxy) is 1. The number of thiazole rings is 1. The first-order chi connectivity index (χ1) is 21.2. The van der Waals surface area contributed by atoms with Crippen molar-refractivity contribution in [1.29, 1.82) is 0 Å². The number of nitrogens with one attached hydrogen (secondary N) is 1. The first kappa shape index (κ1) is 27.7. The summed E-state index contributed by atoms with van der Waals surface area (Å²) >= 11 is 2.68. The van der Waals surface area contributed by atoms with Crippen LogP contribution in [-0.4, -0.2) is 22.0 Å². The smallest absolute Gasteiger partial charge is 0.418 e. The van der Waals surface area contributed by atoms with Gasteiger partial charge in [-0.15, -0.1) is 11.8 Å². The number of amides is 2. The van der Waals surface area contributed by atoms with E-state index >= 15 is 0 Å². The van der Waals surface area contributed by atoms with Crippen molar-refractivity contribution < 1.29 is 27.5 Å². The summed E-state index contributed by atoms with van der Waals surface area (Å²) in [6.07, 6.45) is -4.08. The number of para-hydroxylation sites is 2. The third-order valence-electron chi connectivity index (χ3n) is 9.67. The Morgan fingerprint density at radius 2 is 1.55 bits per heavy atom. The summed E-state index contributed by atoms with van der Waals surface area (Å²) in [6.45, 7) is 0.348. The molecule has 2 bridgehead atoms. The summed E-state index contributed by atoms with van der Waals surface area (Å²) in [4.78, 5) is 45.0. The maximum Gasteiger partial charge on any atom is 0.418 e. The Bertz CT molecular complexity index is 1860. The number of aromatic amines is 1. The molecule has 3 aromatic carbocycles. The molecule has 4 aromatic rings. The predicted octanol–water partition coefficient (Wildman–Crippen LogP) is 6.71. The zero-order valence-electron chi connectivity index (χ0n) is 23.0. The third-order valence-corrected chi connectivity index (χ3v) is 12.3. The number of imide groups is 1. The van der Waals surface area contributed by atoms with Crippen LogP contribution in [0.2, 0.25) is 0 Å². The normalized spacial score (nSPS) is 28.6. The minimum atomic E-state index is -4.72. The van der Waals surface area contributed by atoms with Crippen molar-refractivity contribution in [3.63, 3.8) is 0 Å². The summed E-state index contributed by atoms with van der Waals surface area (Å²) in [5, 5.41) is 0.657. The van der Waals surface area contributed by atoms with E-state index in [-0.39, 0.29) is 33.8 Å². The topological polar surface area (TPSA) is 79.5 Å². The highest BCUT2D eigenvalue weighted by molar-refractivity contribution is 8.00. The van der Waals surface area contributed by atoms with E-state index in [1.165, 1.54) is 30.0 Å². The molecule has 2 aliphatic carbocycles.